The molecule has 1 aliphatic carbocycles. The van der Waals surface area contributed by atoms with Crippen LogP contribution in [-0.2, 0) is 0 Å². The second-order valence-corrected chi connectivity index (χ2v) is 7.16. The SMILES string of the molecule is CNC(c1c(C)cc(C)cc1F)C1C(C)(C)C1(C)C. The molecule has 1 saturated carbocycles. The first-order valence-electron chi connectivity index (χ1n) is 7.08. The minimum atomic E-state index is -0.0738. The first-order chi connectivity index (χ1) is 8.64. The van der Waals surface area contributed by atoms with E-state index < -0.39 is 0 Å². The number of hydrogen-bond acceptors (Lipinski definition) is 1. The maximum atomic E-state index is 14.4. The van der Waals surface area contributed by atoms with Gasteiger partial charge >= 0.3 is 0 Å². The Labute approximate surface area is 116 Å². The van der Waals surface area contributed by atoms with E-state index in [9.17, 15) is 4.39 Å². The predicted octanol–water partition coefficient (Wildman–Crippen LogP) is 4.39. The molecule has 19 heavy (non-hydrogen) atoms. The van der Waals surface area contributed by atoms with Crippen LogP contribution in [0.1, 0.15) is 50.4 Å². The van der Waals surface area contributed by atoms with Crippen LogP contribution in [-0.4, -0.2) is 7.05 Å². The fourth-order valence-electron chi connectivity index (χ4n) is 3.88. The highest BCUT2D eigenvalue weighted by molar-refractivity contribution is 5.37. The first-order valence-corrected chi connectivity index (χ1v) is 7.08. The van der Waals surface area contributed by atoms with Crippen LogP contribution in [0.15, 0.2) is 12.1 Å². The van der Waals surface area contributed by atoms with Gasteiger partial charge in [0.15, 0.2) is 0 Å². The maximum Gasteiger partial charge on any atom is 0.128 e. The molecule has 2 rings (SSSR count). The smallest absolute Gasteiger partial charge is 0.128 e. The lowest BCUT2D eigenvalue weighted by Gasteiger charge is -2.22. The number of benzene rings is 1. The zero-order chi connectivity index (χ0) is 14.6. The van der Waals surface area contributed by atoms with E-state index in [0.717, 1.165) is 16.7 Å². The molecule has 1 N–H and O–H groups in total. The van der Waals surface area contributed by atoms with Gasteiger partial charge in [0.2, 0.25) is 0 Å². The molecule has 0 bridgehead atoms. The summed E-state index contributed by atoms with van der Waals surface area (Å²) in [4.78, 5) is 0. The Kier molecular flexibility index (Phi) is 3.29. The topological polar surface area (TPSA) is 12.0 Å². The van der Waals surface area contributed by atoms with Crippen molar-refractivity contribution in [2.75, 3.05) is 7.05 Å². The van der Waals surface area contributed by atoms with Crippen LogP contribution in [0.5, 0.6) is 0 Å². The molecule has 0 heterocycles. The lowest BCUT2D eigenvalue weighted by molar-refractivity contribution is 0.419. The molecule has 0 spiro atoms. The molecular formula is C17H26FN. The van der Waals surface area contributed by atoms with Crippen molar-refractivity contribution in [3.63, 3.8) is 0 Å². The highest BCUT2D eigenvalue weighted by Gasteiger charge is 2.67. The second-order valence-electron chi connectivity index (χ2n) is 7.16. The van der Waals surface area contributed by atoms with Gasteiger partial charge in [-0.1, -0.05) is 33.8 Å². The zero-order valence-corrected chi connectivity index (χ0v) is 13.2. The Morgan fingerprint density at radius 2 is 1.63 bits per heavy atom. The minimum absolute atomic E-state index is 0.0738. The van der Waals surface area contributed by atoms with Gasteiger partial charge in [0.05, 0.1) is 0 Å². The summed E-state index contributed by atoms with van der Waals surface area (Å²) in [7, 11) is 1.94. The van der Waals surface area contributed by atoms with E-state index in [2.05, 4.69) is 39.1 Å². The highest BCUT2D eigenvalue weighted by atomic mass is 19.1. The van der Waals surface area contributed by atoms with Crippen LogP contribution in [0.25, 0.3) is 0 Å². The van der Waals surface area contributed by atoms with Gasteiger partial charge in [0.25, 0.3) is 0 Å². The number of rotatable bonds is 3. The van der Waals surface area contributed by atoms with Crippen molar-refractivity contribution >= 4 is 0 Å². The number of hydrogen-bond donors (Lipinski definition) is 1. The molecule has 1 nitrogen and oxygen atoms in total. The molecule has 1 atom stereocenters. The Bertz CT molecular complexity index is 465. The summed E-state index contributed by atoms with van der Waals surface area (Å²) < 4.78 is 14.4. The third-order valence-electron chi connectivity index (χ3n) is 5.57. The molecule has 0 radical (unpaired) electrons. The minimum Gasteiger partial charge on any atom is -0.313 e. The van der Waals surface area contributed by atoms with E-state index in [1.165, 1.54) is 0 Å². The van der Waals surface area contributed by atoms with E-state index in [1.807, 2.05) is 20.9 Å². The zero-order valence-electron chi connectivity index (χ0n) is 13.2. The lowest BCUT2D eigenvalue weighted by Crippen LogP contribution is -2.23. The normalized spacial score (nSPS) is 22.3. The molecule has 106 valence electrons. The van der Waals surface area contributed by atoms with Crippen molar-refractivity contribution in [3.8, 4) is 0 Å². The Morgan fingerprint density at radius 1 is 1.11 bits per heavy atom. The van der Waals surface area contributed by atoms with E-state index in [0.29, 0.717) is 5.92 Å². The number of aryl methyl sites for hydroxylation is 2. The van der Waals surface area contributed by atoms with Gasteiger partial charge in [-0.05, 0) is 54.8 Å². The van der Waals surface area contributed by atoms with Gasteiger partial charge in [0.1, 0.15) is 5.82 Å². The number of halogens is 1. The quantitative estimate of drug-likeness (QED) is 0.853. The van der Waals surface area contributed by atoms with Crippen molar-refractivity contribution < 1.29 is 4.39 Å². The van der Waals surface area contributed by atoms with Crippen LogP contribution < -0.4 is 5.32 Å². The van der Waals surface area contributed by atoms with E-state index >= 15 is 0 Å². The van der Waals surface area contributed by atoms with E-state index in [-0.39, 0.29) is 22.7 Å². The van der Waals surface area contributed by atoms with Crippen molar-refractivity contribution in [3.05, 3.63) is 34.6 Å². The average molecular weight is 263 g/mol. The summed E-state index contributed by atoms with van der Waals surface area (Å²) >= 11 is 0. The van der Waals surface area contributed by atoms with Crippen LogP contribution in [0.4, 0.5) is 4.39 Å². The van der Waals surface area contributed by atoms with Crippen LogP contribution in [0.3, 0.4) is 0 Å². The summed E-state index contributed by atoms with van der Waals surface area (Å²) in [6.07, 6.45) is 0. The standard InChI is InChI=1S/C17H26FN/c1-10-8-11(2)13(12(18)9-10)14(19-7)15-16(3,4)17(15,5)6/h8-9,14-15,19H,1-7H3. The van der Waals surface area contributed by atoms with Crippen LogP contribution in [0, 0.1) is 36.4 Å². The molecule has 1 aromatic rings. The Hall–Kier alpha value is -0.890. The van der Waals surface area contributed by atoms with Gasteiger partial charge in [-0.25, -0.2) is 4.39 Å². The molecule has 1 aliphatic rings. The summed E-state index contributed by atoms with van der Waals surface area (Å²) in [6.45, 7) is 13.1. The molecule has 1 fully saturated rings. The predicted molar refractivity (Wildman–Crippen MR) is 78.7 cm³/mol. The molecule has 0 saturated heterocycles. The van der Waals surface area contributed by atoms with Crippen molar-refractivity contribution in [2.45, 2.75) is 47.6 Å². The third-order valence-corrected chi connectivity index (χ3v) is 5.57. The molecule has 1 aromatic carbocycles. The highest BCUT2D eigenvalue weighted by Crippen LogP contribution is 2.72. The molecule has 0 aromatic heterocycles. The first kappa shape index (κ1) is 14.5. The van der Waals surface area contributed by atoms with Gasteiger partial charge in [-0.3, -0.25) is 0 Å². The van der Waals surface area contributed by atoms with Crippen LogP contribution >= 0.6 is 0 Å². The second kappa shape index (κ2) is 4.31. The fourth-order valence-corrected chi connectivity index (χ4v) is 3.88. The van der Waals surface area contributed by atoms with Crippen molar-refractivity contribution in [2.24, 2.45) is 16.7 Å². The van der Waals surface area contributed by atoms with Crippen molar-refractivity contribution in [1.82, 2.24) is 5.32 Å². The Balaban J connectivity index is 2.46. The lowest BCUT2D eigenvalue weighted by atomic mass is 9.91. The van der Waals surface area contributed by atoms with Gasteiger partial charge in [0, 0.05) is 11.6 Å². The van der Waals surface area contributed by atoms with Gasteiger partial charge in [-0.2, -0.15) is 0 Å². The molecule has 0 amide bonds. The summed E-state index contributed by atoms with van der Waals surface area (Å²) in [5.74, 6) is 0.385. The third kappa shape index (κ3) is 2.01. The summed E-state index contributed by atoms with van der Waals surface area (Å²) in [5.41, 5.74) is 3.37. The summed E-state index contributed by atoms with van der Waals surface area (Å²) in [6, 6.07) is 3.81. The molecular weight excluding hydrogens is 237 g/mol. The van der Waals surface area contributed by atoms with E-state index in [4.69, 9.17) is 0 Å². The van der Waals surface area contributed by atoms with Gasteiger partial charge in [-0.15, -0.1) is 0 Å². The molecule has 0 aliphatic heterocycles. The number of nitrogens with one attached hydrogen (secondary N) is 1. The fraction of sp³-hybridized carbons (Fsp3) is 0.647. The molecule has 2 heteroatoms. The van der Waals surface area contributed by atoms with E-state index in [1.54, 1.807) is 6.07 Å². The monoisotopic (exact) mass is 263 g/mol. The average Bonchev–Trinajstić information content (AvgIpc) is 2.64. The Morgan fingerprint density at radius 3 is 2.00 bits per heavy atom. The largest absolute Gasteiger partial charge is 0.313 e. The van der Waals surface area contributed by atoms with Crippen molar-refractivity contribution in [1.29, 1.82) is 0 Å². The van der Waals surface area contributed by atoms with Gasteiger partial charge < -0.3 is 5.32 Å². The summed E-state index contributed by atoms with van der Waals surface area (Å²) in [5, 5.41) is 3.35. The maximum absolute atomic E-state index is 14.4. The molecule has 1 unspecified atom stereocenters. The van der Waals surface area contributed by atoms with Crippen LogP contribution in [0.2, 0.25) is 0 Å².